The summed E-state index contributed by atoms with van der Waals surface area (Å²) >= 11 is 0. The number of rotatable bonds is 15. The van der Waals surface area contributed by atoms with Crippen molar-refractivity contribution in [2.45, 2.75) is 50.0 Å². The SMILES string of the molecule is NC(=O)CNC(=O)[C@H](Cc1ccccc1)NC(=O)[C@@H](CCCN=C(N)N)NC(=O)[C@@H](N)Cc1ccc(O)cc1.O=C(O)C(F)(F)F. The van der Waals surface area contributed by atoms with Crippen molar-refractivity contribution in [3.8, 4) is 5.75 Å². The molecule has 0 spiro atoms. The van der Waals surface area contributed by atoms with Gasteiger partial charge in [0.1, 0.15) is 17.8 Å². The van der Waals surface area contributed by atoms with Crippen molar-refractivity contribution in [2.24, 2.45) is 27.9 Å². The van der Waals surface area contributed by atoms with Crippen LogP contribution in [-0.2, 0) is 36.8 Å². The Morgan fingerprint density at radius 3 is 1.87 bits per heavy atom. The second-order valence-electron chi connectivity index (χ2n) is 9.72. The Bertz CT molecular complexity index is 1340. The number of hydrogen-bond acceptors (Lipinski definition) is 8. The molecule has 0 fully saturated rings. The maximum atomic E-state index is 13.3. The van der Waals surface area contributed by atoms with Gasteiger partial charge in [-0.15, -0.1) is 0 Å². The van der Waals surface area contributed by atoms with Crippen LogP contribution in [-0.4, -0.2) is 83.2 Å². The maximum absolute atomic E-state index is 13.3. The summed E-state index contributed by atoms with van der Waals surface area (Å²) in [5.74, 6) is -5.33. The number of primary amides is 1. The number of nitrogens with two attached hydrogens (primary N) is 4. The number of aliphatic carboxylic acids is 1. The zero-order valence-electron chi connectivity index (χ0n) is 24.5. The second kappa shape index (κ2) is 19.1. The third-order valence-electron chi connectivity index (χ3n) is 5.90. The first-order valence-corrected chi connectivity index (χ1v) is 13.6. The monoisotopic (exact) mass is 654 g/mol. The molecule has 2 rings (SSSR count). The molecule has 0 aliphatic carbocycles. The number of guanidine groups is 1. The van der Waals surface area contributed by atoms with Gasteiger partial charge in [0.05, 0.1) is 12.6 Å². The van der Waals surface area contributed by atoms with E-state index in [-0.39, 0.29) is 37.5 Å². The van der Waals surface area contributed by atoms with Crippen molar-refractivity contribution in [1.82, 2.24) is 16.0 Å². The molecule has 0 saturated carbocycles. The van der Waals surface area contributed by atoms with Gasteiger partial charge in [-0.25, -0.2) is 4.79 Å². The summed E-state index contributed by atoms with van der Waals surface area (Å²) in [6.45, 7) is -0.182. The van der Waals surface area contributed by atoms with Crippen LogP contribution in [0.1, 0.15) is 24.0 Å². The van der Waals surface area contributed by atoms with E-state index in [0.29, 0.717) is 6.42 Å². The van der Waals surface area contributed by atoms with Gasteiger partial charge in [-0.05, 0) is 42.5 Å². The number of carboxylic acids is 1. The van der Waals surface area contributed by atoms with Crippen LogP contribution < -0.4 is 38.9 Å². The molecule has 0 aromatic heterocycles. The van der Waals surface area contributed by atoms with Gasteiger partial charge in [-0.2, -0.15) is 13.2 Å². The van der Waals surface area contributed by atoms with E-state index in [9.17, 15) is 37.5 Å². The number of alkyl halides is 3. The van der Waals surface area contributed by atoms with Crippen LogP contribution in [0.2, 0.25) is 0 Å². The van der Waals surface area contributed by atoms with Crippen molar-refractivity contribution in [2.75, 3.05) is 13.1 Å². The molecule has 0 saturated heterocycles. The molecule has 0 heterocycles. The van der Waals surface area contributed by atoms with Gasteiger partial charge >= 0.3 is 12.1 Å². The smallest absolute Gasteiger partial charge is 0.490 e. The zero-order chi connectivity index (χ0) is 34.9. The topological polar surface area (TPSA) is 278 Å². The number of aliphatic imine (C=N–C) groups is 1. The number of amides is 4. The summed E-state index contributed by atoms with van der Waals surface area (Å²) in [7, 11) is 0. The molecular weight excluding hydrogens is 617 g/mol. The molecule has 2 aromatic carbocycles. The number of carboxylic acid groups (broad SMARTS) is 1. The Labute approximate surface area is 261 Å². The average molecular weight is 655 g/mol. The molecule has 46 heavy (non-hydrogen) atoms. The van der Waals surface area contributed by atoms with Crippen LogP contribution in [0, 0.1) is 0 Å². The third-order valence-corrected chi connectivity index (χ3v) is 5.90. The van der Waals surface area contributed by atoms with Crippen molar-refractivity contribution >= 4 is 35.6 Å². The standard InChI is InChI=1S/C26H36N8O5.C2HF3O2/c27-19(13-17-8-10-18(35)11-9-17)23(37)33-20(7-4-12-31-26(29)30)25(39)34-21(24(38)32-15-22(28)36)14-16-5-2-1-3-6-16;3-2(4,5)1(6)7/h1-3,5-6,8-11,19-21,35H,4,7,12-15,27H2,(H2,28,36)(H,32,38)(H,33,37)(H,34,39)(H4,29,30,31);(H,6,7)/t19-,20+,21-;/m0./s1. The van der Waals surface area contributed by atoms with Crippen molar-refractivity contribution in [1.29, 1.82) is 0 Å². The molecule has 2 aromatic rings. The fraction of sp³-hybridized carbons (Fsp3) is 0.357. The minimum Gasteiger partial charge on any atom is -0.508 e. The fourth-order valence-electron chi connectivity index (χ4n) is 3.66. The Kier molecular flexibility index (Phi) is 16.0. The Morgan fingerprint density at radius 1 is 0.804 bits per heavy atom. The van der Waals surface area contributed by atoms with E-state index < -0.39 is 60.4 Å². The molecular formula is C28H37F3N8O7. The molecule has 13 N–H and O–H groups in total. The number of nitrogens with zero attached hydrogens (tertiary/aromatic N) is 1. The number of halogens is 3. The Morgan fingerprint density at radius 2 is 1.35 bits per heavy atom. The number of carbonyl (C=O) groups is 5. The lowest BCUT2D eigenvalue weighted by Crippen LogP contribution is -2.56. The number of hydrogen-bond donors (Lipinski definition) is 9. The molecule has 0 aliphatic rings. The van der Waals surface area contributed by atoms with E-state index in [1.807, 2.05) is 6.07 Å². The first-order valence-electron chi connectivity index (χ1n) is 13.6. The lowest BCUT2D eigenvalue weighted by atomic mass is 10.0. The zero-order valence-corrected chi connectivity index (χ0v) is 24.5. The van der Waals surface area contributed by atoms with Crippen LogP contribution in [0.25, 0.3) is 0 Å². The average Bonchev–Trinajstić information content (AvgIpc) is 2.98. The van der Waals surface area contributed by atoms with Gasteiger partial charge in [-0.1, -0.05) is 42.5 Å². The molecule has 0 unspecified atom stereocenters. The normalized spacial score (nSPS) is 12.6. The number of phenols is 1. The van der Waals surface area contributed by atoms with Crippen molar-refractivity contribution < 1.29 is 47.4 Å². The lowest BCUT2D eigenvalue weighted by molar-refractivity contribution is -0.192. The Balaban J connectivity index is 0.00000135. The minimum atomic E-state index is -5.08. The fourth-order valence-corrected chi connectivity index (χ4v) is 3.66. The van der Waals surface area contributed by atoms with Crippen LogP contribution >= 0.6 is 0 Å². The summed E-state index contributed by atoms with van der Waals surface area (Å²) < 4.78 is 31.7. The summed E-state index contributed by atoms with van der Waals surface area (Å²) in [6, 6.07) is 12.1. The highest BCUT2D eigenvalue weighted by Crippen LogP contribution is 2.13. The number of aromatic hydroxyl groups is 1. The molecule has 3 atom stereocenters. The van der Waals surface area contributed by atoms with Crippen LogP contribution in [0.4, 0.5) is 13.2 Å². The lowest BCUT2D eigenvalue weighted by Gasteiger charge is -2.24. The molecule has 0 bridgehead atoms. The molecule has 0 aliphatic heterocycles. The van der Waals surface area contributed by atoms with Crippen LogP contribution in [0.5, 0.6) is 5.75 Å². The molecule has 15 nitrogen and oxygen atoms in total. The highest BCUT2D eigenvalue weighted by Gasteiger charge is 2.38. The van der Waals surface area contributed by atoms with Gasteiger partial charge in [0.25, 0.3) is 0 Å². The summed E-state index contributed by atoms with van der Waals surface area (Å²) in [5.41, 5.74) is 23.4. The summed E-state index contributed by atoms with van der Waals surface area (Å²) in [5, 5.41) is 24.3. The highest BCUT2D eigenvalue weighted by molar-refractivity contribution is 5.94. The summed E-state index contributed by atoms with van der Waals surface area (Å²) in [4.78, 5) is 63.0. The van der Waals surface area contributed by atoms with E-state index in [1.165, 1.54) is 12.1 Å². The highest BCUT2D eigenvalue weighted by atomic mass is 19.4. The predicted molar refractivity (Wildman–Crippen MR) is 160 cm³/mol. The number of phenolic OH excluding ortho intramolecular Hbond substituents is 1. The number of benzene rings is 2. The molecule has 252 valence electrons. The van der Waals surface area contributed by atoms with E-state index in [4.69, 9.17) is 32.8 Å². The minimum absolute atomic E-state index is 0.0826. The second-order valence-corrected chi connectivity index (χ2v) is 9.72. The molecule has 18 heteroatoms. The first kappa shape index (κ1) is 38.6. The Hall–Kier alpha value is -5.39. The summed E-state index contributed by atoms with van der Waals surface area (Å²) in [6.07, 6.45) is -4.28. The van der Waals surface area contributed by atoms with Gasteiger partial charge in [0.2, 0.25) is 23.6 Å². The predicted octanol–water partition coefficient (Wildman–Crippen LogP) is -1.24. The van der Waals surface area contributed by atoms with Crippen LogP contribution in [0.3, 0.4) is 0 Å². The van der Waals surface area contributed by atoms with Crippen molar-refractivity contribution in [3.63, 3.8) is 0 Å². The van der Waals surface area contributed by atoms with E-state index in [0.717, 1.165) is 11.1 Å². The maximum Gasteiger partial charge on any atom is 0.490 e. The molecule has 0 radical (unpaired) electrons. The van der Waals surface area contributed by atoms with Gasteiger partial charge < -0.3 is 49.1 Å². The molecule has 4 amide bonds. The van der Waals surface area contributed by atoms with Crippen molar-refractivity contribution in [3.05, 3.63) is 65.7 Å². The third kappa shape index (κ3) is 15.9. The van der Waals surface area contributed by atoms with Gasteiger partial charge in [0.15, 0.2) is 5.96 Å². The first-order chi connectivity index (χ1) is 21.5. The van der Waals surface area contributed by atoms with Gasteiger partial charge in [0, 0.05) is 13.0 Å². The van der Waals surface area contributed by atoms with E-state index in [2.05, 4.69) is 20.9 Å². The van der Waals surface area contributed by atoms with E-state index >= 15 is 0 Å². The number of nitrogens with one attached hydrogen (secondary N) is 3. The number of carbonyl (C=O) groups excluding carboxylic acids is 4. The van der Waals surface area contributed by atoms with E-state index in [1.54, 1.807) is 36.4 Å². The van der Waals surface area contributed by atoms with Crippen LogP contribution in [0.15, 0.2) is 59.6 Å². The quantitative estimate of drug-likeness (QED) is 0.0626. The van der Waals surface area contributed by atoms with Gasteiger partial charge in [-0.3, -0.25) is 24.2 Å². The largest absolute Gasteiger partial charge is 0.508 e.